The van der Waals surface area contributed by atoms with Gasteiger partial charge in [-0.2, -0.15) is 0 Å². The van der Waals surface area contributed by atoms with Gasteiger partial charge >= 0.3 is 17.8 Å². The Bertz CT molecular complexity index is 573. The van der Waals surface area contributed by atoms with Crippen LogP contribution in [0.5, 0.6) is 5.75 Å². The number of hydrogen-bond acceptors (Lipinski definition) is 4. The molecule has 0 spiro atoms. The molecule has 1 aromatic rings. The lowest BCUT2D eigenvalue weighted by molar-refractivity contribution is -0.143. The Morgan fingerprint density at radius 3 is 2.37 bits per heavy atom. The van der Waals surface area contributed by atoms with E-state index in [9.17, 15) is 18.8 Å². The fourth-order valence-electron chi connectivity index (χ4n) is 1.74. The normalized spacial score (nSPS) is 15.4. The Kier molecular flexibility index (Phi) is 3.20. The number of imide groups is 2. The molecule has 0 aliphatic carbocycles. The maximum atomic E-state index is 13.5. The van der Waals surface area contributed by atoms with E-state index in [4.69, 9.17) is 4.74 Å². The number of likely N-dealkylation sites (N-methyl/N-ethyl adjacent to an activating group) is 1. The molecule has 0 bridgehead atoms. The lowest BCUT2D eigenvalue weighted by atomic mass is 10.2. The van der Waals surface area contributed by atoms with Crippen LogP contribution in [-0.4, -0.2) is 41.8 Å². The van der Waals surface area contributed by atoms with Crippen molar-refractivity contribution in [2.45, 2.75) is 6.54 Å². The van der Waals surface area contributed by atoms with E-state index in [1.165, 1.54) is 26.3 Å². The Morgan fingerprint density at radius 2 is 1.89 bits per heavy atom. The number of carbonyl (C=O) groups excluding carboxylic acids is 3. The number of rotatable bonds is 3. The fourth-order valence-corrected chi connectivity index (χ4v) is 1.74. The summed E-state index contributed by atoms with van der Waals surface area (Å²) in [5.74, 6) is -2.34. The smallest absolute Gasteiger partial charge is 0.334 e. The van der Waals surface area contributed by atoms with Gasteiger partial charge in [0, 0.05) is 7.05 Å². The molecule has 0 radical (unpaired) electrons. The molecule has 0 aromatic heterocycles. The quantitative estimate of drug-likeness (QED) is 0.598. The van der Waals surface area contributed by atoms with Crippen molar-refractivity contribution in [1.82, 2.24) is 9.80 Å². The summed E-state index contributed by atoms with van der Waals surface area (Å²) in [6.45, 7) is -0.158. The molecule has 1 heterocycles. The van der Waals surface area contributed by atoms with Gasteiger partial charge in [-0.05, 0) is 17.7 Å². The van der Waals surface area contributed by atoms with E-state index in [0.717, 1.165) is 15.9 Å². The van der Waals surface area contributed by atoms with Crippen LogP contribution in [0.4, 0.5) is 9.18 Å². The van der Waals surface area contributed by atoms with Crippen molar-refractivity contribution < 1.29 is 23.5 Å². The minimum absolute atomic E-state index is 0.0658. The topological polar surface area (TPSA) is 66.9 Å². The number of halogens is 1. The van der Waals surface area contributed by atoms with Crippen LogP contribution in [0, 0.1) is 5.82 Å². The van der Waals surface area contributed by atoms with E-state index in [-0.39, 0.29) is 12.3 Å². The molecule has 6 nitrogen and oxygen atoms in total. The zero-order chi connectivity index (χ0) is 14.2. The van der Waals surface area contributed by atoms with Crippen LogP contribution in [0.1, 0.15) is 5.56 Å². The number of methoxy groups -OCH3 is 1. The molecule has 0 unspecified atom stereocenters. The lowest BCUT2D eigenvalue weighted by Gasteiger charge is -2.13. The van der Waals surface area contributed by atoms with Crippen LogP contribution in [0.3, 0.4) is 0 Å². The van der Waals surface area contributed by atoms with Gasteiger partial charge < -0.3 is 4.74 Å². The second-order valence-electron chi connectivity index (χ2n) is 4.01. The van der Waals surface area contributed by atoms with Gasteiger partial charge in [0.25, 0.3) is 0 Å². The van der Waals surface area contributed by atoms with Gasteiger partial charge in [-0.25, -0.2) is 9.18 Å². The summed E-state index contributed by atoms with van der Waals surface area (Å²) in [5.41, 5.74) is 0.392. The summed E-state index contributed by atoms with van der Waals surface area (Å²) in [5, 5.41) is 0. The zero-order valence-electron chi connectivity index (χ0n) is 10.3. The summed E-state index contributed by atoms with van der Waals surface area (Å²) in [6, 6.07) is 3.35. The molecular formula is C12H11FN2O4. The number of urea groups is 1. The lowest BCUT2D eigenvalue weighted by Crippen LogP contribution is -2.31. The summed E-state index contributed by atoms with van der Waals surface area (Å²) in [6.07, 6.45) is 0. The highest BCUT2D eigenvalue weighted by Crippen LogP contribution is 2.20. The summed E-state index contributed by atoms with van der Waals surface area (Å²) >= 11 is 0. The third-order valence-corrected chi connectivity index (χ3v) is 2.81. The number of nitrogens with zero attached hydrogens (tertiary/aromatic N) is 2. The largest absolute Gasteiger partial charge is 0.494 e. The van der Waals surface area contributed by atoms with E-state index < -0.39 is 23.7 Å². The van der Waals surface area contributed by atoms with Gasteiger partial charge in [-0.3, -0.25) is 19.4 Å². The Balaban J connectivity index is 2.22. The molecule has 1 aliphatic heterocycles. The second kappa shape index (κ2) is 4.68. The van der Waals surface area contributed by atoms with Crippen LogP contribution in [0.25, 0.3) is 0 Å². The van der Waals surface area contributed by atoms with Crippen LogP contribution in [0.2, 0.25) is 0 Å². The van der Waals surface area contributed by atoms with E-state index in [0.29, 0.717) is 5.56 Å². The third-order valence-electron chi connectivity index (χ3n) is 2.81. The maximum absolute atomic E-state index is 13.5. The average Bonchev–Trinajstić information content (AvgIpc) is 2.57. The molecular weight excluding hydrogens is 255 g/mol. The average molecular weight is 266 g/mol. The first-order valence-corrected chi connectivity index (χ1v) is 5.41. The number of carbonyl (C=O) groups is 3. The Morgan fingerprint density at radius 1 is 1.21 bits per heavy atom. The van der Waals surface area contributed by atoms with Gasteiger partial charge in [0.05, 0.1) is 13.7 Å². The molecule has 7 heteroatoms. The van der Waals surface area contributed by atoms with E-state index in [1.54, 1.807) is 0 Å². The fraction of sp³-hybridized carbons (Fsp3) is 0.250. The zero-order valence-corrected chi connectivity index (χ0v) is 10.3. The van der Waals surface area contributed by atoms with Crippen molar-refractivity contribution >= 4 is 17.8 Å². The van der Waals surface area contributed by atoms with Gasteiger partial charge in [0.15, 0.2) is 11.6 Å². The Labute approximate surface area is 108 Å². The van der Waals surface area contributed by atoms with Crippen molar-refractivity contribution in [2.75, 3.05) is 14.2 Å². The second-order valence-corrected chi connectivity index (χ2v) is 4.01. The molecule has 4 amide bonds. The highest BCUT2D eigenvalue weighted by atomic mass is 19.1. The van der Waals surface area contributed by atoms with Gasteiger partial charge in [-0.15, -0.1) is 0 Å². The summed E-state index contributed by atoms with van der Waals surface area (Å²) in [7, 11) is 2.55. The first kappa shape index (κ1) is 13.0. The molecule has 0 N–H and O–H groups in total. The highest BCUT2D eigenvalue weighted by molar-refractivity contribution is 6.44. The van der Waals surface area contributed by atoms with E-state index in [1.807, 2.05) is 0 Å². The first-order chi connectivity index (χ1) is 8.95. The minimum Gasteiger partial charge on any atom is -0.494 e. The molecule has 0 atom stereocenters. The third kappa shape index (κ3) is 2.14. The van der Waals surface area contributed by atoms with Crippen molar-refractivity contribution in [1.29, 1.82) is 0 Å². The predicted molar refractivity (Wildman–Crippen MR) is 61.7 cm³/mol. The molecule has 2 rings (SSSR count). The number of hydrogen-bond donors (Lipinski definition) is 0. The van der Waals surface area contributed by atoms with Crippen molar-refractivity contribution in [3.8, 4) is 5.75 Å². The van der Waals surface area contributed by atoms with Crippen molar-refractivity contribution in [3.05, 3.63) is 29.6 Å². The summed E-state index contributed by atoms with van der Waals surface area (Å²) in [4.78, 5) is 36.0. The maximum Gasteiger partial charge on any atom is 0.334 e. The molecule has 1 saturated heterocycles. The van der Waals surface area contributed by atoms with Gasteiger partial charge in [0.1, 0.15) is 0 Å². The number of amides is 4. The van der Waals surface area contributed by atoms with Crippen LogP contribution < -0.4 is 4.74 Å². The van der Waals surface area contributed by atoms with Crippen LogP contribution >= 0.6 is 0 Å². The minimum atomic E-state index is -0.913. The van der Waals surface area contributed by atoms with Gasteiger partial charge in [-0.1, -0.05) is 6.07 Å². The molecule has 0 saturated carbocycles. The van der Waals surface area contributed by atoms with Crippen molar-refractivity contribution in [2.24, 2.45) is 0 Å². The molecule has 19 heavy (non-hydrogen) atoms. The van der Waals surface area contributed by atoms with Crippen LogP contribution in [-0.2, 0) is 16.1 Å². The number of benzene rings is 1. The highest BCUT2D eigenvalue weighted by Gasteiger charge is 2.42. The van der Waals surface area contributed by atoms with Gasteiger partial charge in [0.2, 0.25) is 0 Å². The van der Waals surface area contributed by atoms with E-state index >= 15 is 0 Å². The molecule has 1 aliphatic rings. The standard InChI is InChI=1S/C12H11FN2O4/c1-14-10(16)11(17)15(12(14)18)6-7-3-4-9(19-2)8(13)5-7/h3-5H,6H2,1-2H3. The molecule has 1 fully saturated rings. The Hall–Kier alpha value is -2.44. The monoisotopic (exact) mass is 266 g/mol. The van der Waals surface area contributed by atoms with E-state index in [2.05, 4.69) is 0 Å². The SMILES string of the molecule is COc1ccc(CN2C(=O)C(=O)N(C)C2=O)cc1F. The summed E-state index contributed by atoms with van der Waals surface area (Å²) < 4.78 is 18.2. The van der Waals surface area contributed by atoms with Crippen molar-refractivity contribution in [3.63, 3.8) is 0 Å². The first-order valence-electron chi connectivity index (χ1n) is 5.41. The predicted octanol–water partition coefficient (Wildman–Crippen LogP) is 0.755. The molecule has 1 aromatic carbocycles. The van der Waals surface area contributed by atoms with Crippen LogP contribution in [0.15, 0.2) is 18.2 Å². The molecule has 100 valence electrons. The number of ether oxygens (including phenoxy) is 1.